The predicted molar refractivity (Wildman–Crippen MR) is 150 cm³/mol. The summed E-state index contributed by atoms with van der Waals surface area (Å²) >= 11 is 0. The molecule has 0 aromatic heterocycles. The number of fused-ring (bicyclic) bond motifs is 1. The fraction of sp³-hybridized carbons (Fsp3) is 0.688. The Bertz CT molecular complexity index is 852. The number of aryl methyl sites for hydroxylation is 1. The van der Waals surface area contributed by atoms with Crippen molar-refractivity contribution in [3.8, 4) is 5.75 Å². The lowest BCUT2D eigenvalue weighted by atomic mass is 9.82. The van der Waals surface area contributed by atoms with E-state index in [1.807, 2.05) is 0 Å². The maximum absolute atomic E-state index is 13.0. The minimum absolute atomic E-state index is 0.0378. The van der Waals surface area contributed by atoms with Gasteiger partial charge in [0.25, 0.3) is 0 Å². The van der Waals surface area contributed by atoms with Crippen LogP contribution in [0.4, 0.5) is 0 Å². The fourth-order valence-corrected chi connectivity index (χ4v) is 5.33. The number of hydrogen-bond donors (Lipinski definition) is 2. The van der Waals surface area contributed by atoms with Gasteiger partial charge in [-0.3, -0.25) is 9.59 Å². The highest BCUT2D eigenvalue weighted by atomic mass is 16.3. The molecule has 202 valence electrons. The number of carbonyl (C=O) groups is 2. The molecule has 0 aliphatic heterocycles. The molecule has 0 fully saturated rings. The van der Waals surface area contributed by atoms with E-state index in [0.717, 1.165) is 38.5 Å². The van der Waals surface area contributed by atoms with Gasteiger partial charge < -0.3 is 10.2 Å². The van der Waals surface area contributed by atoms with Gasteiger partial charge >= 0.3 is 0 Å². The molecule has 0 spiro atoms. The van der Waals surface area contributed by atoms with Gasteiger partial charge in [-0.1, -0.05) is 117 Å². The number of ketones is 2. The number of allylic oxidation sites excluding steroid dienone is 1. The Morgan fingerprint density at radius 3 is 1.50 bits per heavy atom. The number of benzene rings is 1. The van der Waals surface area contributed by atoms with Crippen molar-refractivity contribution in [2.45, 2.75) is 142 Å². The average Bonchev–Trinajstić information content (AvgIpc) is 2.86. The highest BCUT2D eigenvalue weighted by Gasteiger charge is 2.34. The number of carbonyl (C=O) groups excluding carboxylic acids is 2. The molecule has 0 atom stereocenters. The molecule has 1 aliphatic rings. The number of aliphatic hydroxyl groups is 1. The van der Waals surface area contributed by atoms with E-state index in [9.17, 15) is 19.8 Å². The summed E-state index contributed by atoms with van der Waals surface area (Å²) < 4.78 is 0. The molecule has 1 aliphatic carbocycles. The van der Waals surface area contributed by atoms with Gasteiger partial charge in [0.2, 0.25) is 11.6 Å². The van der Waals surface area contributed by atoms with Crippen LogP contribution in [-0.2, 0) is 11.2 Å². The zero-order valence-corrected chi connectivity index (χ0v) is 23.0. The van der Waals surface area contributed by atoms with Crippen LogP contribution >= 0.6 is 0 Å². The molecule has 36 heavy (non-hydrogen) atoms. The molecule has 2 N–H and O–H groups in total. The SMILES string of the molecule is CCCCCCCCCCCC1=C(O)c2cc(O)cc(CCCCCCCCCCC)c2C(=O)C1=O. The first-order valence-corrected chi connectivity index (χ1v) is 14.9. The zero-order valence-electron chi connectivity index (χ0n) is 23.0. The third kappa shape index (κ3) is 9.75. The summed E-state index contributed by atoms with van der Waals surface area (Å²) in [5, 5.41) is 21.2. The van der Waals surface area contributed by atoms with Crippen LogP contribution in [0.5, 0.6) is 5.75 Å². The van der Waals surface area contributed by atoms with Crippen molar-refractivity contribution >= 4 is 17.3 Å². The lowest BCUT2D eigenvalue weighted by Crippen LogP contribution is -2.25. The van der Waals surface area contributed by atoms with E-state index in [1.165, 1.54) is 83.1 Å². The monoisotopic (exact) mass is 498 g/mol. The minimum Gasteiger partial charge on any atom is -0.508 e. The number of rotatable bonds is 20. The van der Waals surface area contributed by atoms with Gasteiger partial charge in [0.15, 0.2) is 0 Å². The van der Waals surface area contributed by atoms with Crippen molar-refractivity contribution in [1.82, 2.24) is 0 Å². The minimum atomic E-state index is -0.571. The second kappa shape index (κ2) is 17.4. The fourth-order valence-electron chi connectivity index (χ4n) is 5.33. The summed E-state index contributed by atoms with van der Waals surface area (Å²) in [6.45, 7) is 4.45. The summed E-state index contributed by atoms with van der Waals surface area (Å²) in [5.74, 6) is -1.17. The van der Waals surface area contributed by atoms with Crippen LogP contribution in [0.2, 0.25) is 0 Å². The number of aliphatic hydroxyl groups excluding tert-OH is 1. The molecule has 0 radical (unpaired) electrons. The van der Waals surface area contributed by atoms with E-state index in [1.54, 1.807) is 6.07 Å². The second-order valence-corrected chi connectivity index (χ2v) is 10.7. The highest BCUT2D eigenvalue weighted by molar-refractivity contribution is 6.52. The Morgan fingerprint density at radius 2 is 1.00 bits per heavy atom. The van der Waals surface area contributed by atoms with Crippen molar-refractivity contribution in [1.29, 1.82) is 0 Å². The first-order chi connectivity index (χ1) is 17.5. The van der Waals surface area contributed by atoms with E-state index in [2.05, 4.69) is 13.8 Å². The number of phenols is 1. The normalized spacial score (nSPS) is 13.5. The van der Waals surface area contributed by atoms with Crippen molar-refractivity contribution in [2.24, 2.45) is 0 Å². The maximum Gasteiger partial charge on any atom is 0.234 e. The van der Waals surface area contributed by atoms with Gasteiger partial charge in [0.1, 0.15) is 11.5 Å². The standard InChI is InChI=1S/C32H50O4/c1-3-5-7-9-11-13-15-17-19-21-25-23-26(33)24-28-29(25)32(36)31(35)27(30(28)34)22-20-18-16-14-12-10-8-6-4-2/h23-24,33-34H,3-22H2,1-2H3. The van der Waals surface area contributed by atoms with Gasteiger partial charge in [-0.05, 0) is 43.4 Å². The molecule has 0 unspecified atom stereocenters. The molecule has 0 heterocycles. The largest absolute Gasteiger partial charge is 0.508 e. The van der Waals surface area contributed by atoms with Gasteiger partial charge in [0.05, 0.1) is 0 Å². The van der Waals surface area contributed by atoms with Crippen molar-refractivity contribution in [3.63, 3.8) is 0 Å². The van der Waals surface area contributed by atoms with E-state index >= 15 is 0 Å². The molecule has 2 rings (SSSR count). The van der Waals surface area contributed by atoms with Crippen molar-refractivity contribution in [3.05, 3.63) is 34.4 Å². The van der Waals surface area contributed by atoms with Crippen LogP contribution in [0.25, 0.3) is 5.76 Å². The maximum atomic E-state index is 13.0. The number of unbranched alkanes of at least 4 members (excludes halogenated alkanes) is 16. The van der Waals surface area contributed by atoms with Crippen LogP contribution in [0.3, 0.4) is 0 Å². The number of Topliss-reactive ketones (excluding diaryl/α,β-unsaturated/α-hetero) is 2. The van der Waals surface area contributed by atoms with E-state index in [4.69, 9.17) is 0 Å². The average molecular weight is 499 g/mol. The molecule has 1 aromatic rings. The van der Waals surface area contributed by atoms with Crippen LogP contribution < -0.4 is 0 Å². The Kier molecular flexibility index (Phi) is 14.5. The molecule has 1 aromatic carbocycles. The highest BCUT2D eigenvalue weighted by Crippen LogP contribution is 2.35. The van der Waals surface area contributed by atoms with Gasteiger partial charge in [-0.15, -0.1) is 0 Å². The first-order valence-electron chi connectivity index (χ1n) is 14.9. The van der Waals surface area contributed by atoms with Crippen LogP contribution in [-0.4, -0.2) is 21.8 Å². The molecule has 4 heteroatoms. The van der Waals surface area contributed by atoms with E-state index in [-0.39, 0.29) is 17.1 Å². The van der Waals surface area contributed by atoms with E-state index in [0.29, 0.717) is 29.5 Å². The van der Waals surface area contributed by atoms with Crippen LogP contribution in [0.1, 0.15) is 157 Å². The number of hydrogen-bond acceptors (Lipinski definition) is 4. The quantitative estimate of drug-likeness (QED) is 0.139. The van der Waals surface area contributed by atoms with Crippen molar-refractivity contribution < 1.29 is 19.8 Å². The molecule has 0 saturated heterocycles. The number of phenolic OH excluding ortho intramolecular Hbond substituents is 1. The summed E-state index contributed by atoms with van der Waals surface area (Å²) in [6.07, 6.45) is 22.4. The van der Waals surface area contributed by atoms with Gasteiger partial charge in [-0.25, -0.2) is 0 Å². The third-order valence-electron chi connectivity index (χ3n) is 7.53. The molecule has 0 amide bonds. The summed E-state index contributed by atoms with van der Waals surface area (Å²) in [5.41, 5.74) is 1.53. The molecule has 0 saturated carbocycles. The Balaban J connectivity index is 1.89. The molecule has 4 nitrogen and oxygen atoms in total. The molecular weight excluding hydrogens is 448 g/mol. The topological polar surface area (TPSA) is 74.6 Å². The Hall–Kier alpha value is -2.10. The summed E-state index contributed by atoms with van der Waals surface area (Å²) in [7, 11) is 0. The second-order valence-electron chi connectivity index (χ2n) is 10.7. The summed E-state index contributed by atoms with van der Waals surface area (Å²) in [4.78, 5) is 25.9. The zero-order chi connectivity index (χ0) is 26.2. The predicted octanol–water partition coefficient (Wildman–Crippen LogP) is 9.42. The number of aromatic hydroxyl groups is 1. The molecule has 0 bridgehead atoms. The van der Waals surface area contributed by atoms with E-state index < -0.39 is 11.6 Å². The lowest BCUT2D eigenvalue weighted by molar-refractivity contribution is -0.112. The molecular formula is C32H50O4. The first kappa shape index (κ1) is 30.1. The smallest absolute Gasteiger partial charge is 0.234 e. The lowest BCUT2D eigenvalue weighted by Gasteiger charge is -2.21. The Labute approximate surface area is 219 Å². The van der Waals surface area contributed by atoms with Gasteiger partial charge in [-0.2, -0.15) is 0 Å². The summed E-state index contributed by atoms with van der Waals surface area (Å²) in [6, 6.07) is 3.03. The van der Waals surface area contributed by atoms with Crippen LogP contribution in [0, 0.1) is 0 Å². The van der Waals surface area contributed by atoms with Crippen LogP contribution in [0.15, 0.2) is 17.7 Å². The third-order valence-corrected chi connectivity index (χ3v) is 7.53. The van der Waals surface area contributed by atoms with Crippen molar-refractivity contribution in [2.75, 3.05) is 0 Å². The van der Waals surface area contributed by atoms with Gasteiger partial charge in [0, 0.05) is 16.7 Å². The Morgan fingerprint density at radius 1 is 0.556 bits per heavy atom.